The molecule has 28 heavy (non-hydrogen) atoms. The molecule has 5 heteroatoms. The molecule has 0 saturated carbocycles. The van der Waals surface area contributed by atoms with E-state index >= 15 is 0 Å². The highest BCUT2D eigenvalue weighted by Gasteiger charge is 2.19. The second-order valence-corrected chi connectivity index (χ2v) is 7.98. The van der Waals surface area contributed by atoms with Crippen molar-refractivity contribution in [1.82, 2.24) is 14.4 Å². The van der Waals surface area contributed by atoms with Crippen LogP contribution in [0.2, 0.25) is 0 Å². The number of carbonyl (C=O) groups excluding carboxylic acids is 1. The minimum absolute atomic E-state index is 0.0211. The monoisotopic (exact) mass is 372 g/mol. The molecule has 1 fully saturated rings. The third kappa shape index (κ3) is 2.73. The number of imidazole rings is 1. The van der Waals surface area contributed by atoms with Gasteiger partial charge in [-0.25, -0.2) is 9.97 Å². The van der Waals surface area contributed by atoms with E-state index < -0.39 is 0 Å². The highest BCUT2D eigenvalue weighted by Crippen LogP contribution is 2.28. The van der Waals surface area contributed by atoms with Gasteiger partial charge in [-0.2, -0.15) is 0 Å². The number of hydrogen-bond donors (Lipinski definition) is 0. The Kier molecular flexibility index (Phi) is 4.04. The lowest BCUT2D eigenvalue weighted by molar-refractivity contribution is 0.101. The number of benzene rings is 1. The molecule has 1 atom stereocenters. The van der Waals surface area contributed by atoms with Gasteiger partial charge in [0, 0.05) is 18.5 Å². The first-order chi connectivity index (χ1) is 13.6. The molecule has 3 aromatic heterocycles. The average molecular weight is 372 g/mol. The summed E-state index contributed by atoms with van der Waals surface area (Å²) in [5.74, 6) is 1.80. The van der Waals surface area contributed by atoms with Crippen molar-refractivity contribution in [3.63, 3.8) is 0 Å². The molecular formula is C23H24N4O. The summed E-state index contributed by atoms with van der Waals surface area (Å²) in [5, 5.41) is 0.966. The van der Waals surface area contributed by atoms with Crippen molar-refractivity contribution in [3.05, 3.63) is 48.0 Å². The molecule has 1 aromatic carbocycles. The molecule has 0 aliphatic carbocycles. The van der Waals surface area contributed by atoms with Gasteiger partial charge in [-0.1, -0.05) is 19.1 Å². The molecule has 5 rings (SSSR count). The Bertz CT molecular complexity index is 1210. The Balaban J connectivity index is 1.77. The summed E-state index contributed by atoms with van der Waals surface area (Å²) < 4.78 is 2.05. The fourth-order valence-corrected chi connectivity index (χ4v) is 4.31. The number of aromatic nitrogens is 3. The van der Waals surface area contributed by atoms with E-state index in [1.165, 1.54) is 19.3 Å². The number of ketones is 1. The molecule has 4 heterocycles. The molecular weight excluding hydrogens is 348 g/mol. The van der Waals surface area contributed by atoms with Gasteiger partial charge in [-0.3, -0.25) is 9.20 Å². The lowest BCUT2D eigenvalue weighted by Crippen LogP contribution is -2.25. The first-order valence-corrected chi connectivity index (χ1v) is 10.1. The first-order valence-electron chi connectivity index (χ1n) is 10.1. The van der Waals surface area contributed by atoms with Gasteiger partial charge in [0.2, 0.25) is 0 Å². The summed E-state index contributed by atoms with van der Waals surface area (Å²) in [4.78, 5) is 24.5. The smallest absolute Gasteiger partial charge is 0.163 e. The fourth-order valence-electron chi connectivity index (χ4n) is 4.31. The molecule has 142 valence electrons. The van der Waals surface area contributed by atoms with Crippen LogP contribution in [0.3, 0.4) is 0 Å². The summed E-state index contributed by atoms with van der Waals surface area (Å²) in [6.45, 7) is 6.02. The van der Waals surface area contributed by atoms with Crippen molar-refractivity contribution in [1.29, 1.82) is 0 Å². The van der Waals surface area contributed by atoms with Crippen LogP contribution in [0.1, 0.15) is 43.5 Å². The van der Waals surface area contributed by atoms with Crippen LogP contribution in [0.4, 0.5) is 5.82 Å². The van der Waals surface area contributed by atoms with Crippen molar-refractivity contribution < 1.29 is 4.79 Å². The molecule has 1 unspecified atom stereocenters. The number of hydrogen-bond acceptors (Lipinski definition) is 4. The number of rotatable bonds is 2. The zero-order chi connectivity index (χ0) is 19.3. The molecule has 5 nitrogen and oxygen atoms in total. The van der Waals surface area contributed by atoms with E-state index in [4.69, 9.17) is 9.97 Å². The maximum Gasteiger partial charge on any atom is 0.163 e. The molecule has 0 spiro atoms. The second kappa shape index (κ2) is 6.59. The van der Waals surface area contributed by atoms with Crippen LogP contribution in [0.5, 0.6) is 0 Å². The van der Waals surface area contributed by atoms with Crippen molar-refractivity contribution in [2.75, 3.05) is 18.0 Å². The quantitative estimate of drug-likeness (QED) is 0.471. The summed E-state index contributed by atoms with van der Waals surface area (Å²) in [6.07, 6.45) is 3.68. The minimum Gasteiger partial charge on any atom is -0.357 e. The van der Waals surface area contributed by atoms with Gasteiger partial charge in [0.1, 0.15) is 11.5 Å². The Labute approximate surface area is 164 Å². The maximum absolute atomic E-state index is 12.3. The largest absolute Gasteiger partial charge is 0.357 e. The Morgan fingerprint density at radius 3 is 2.75 bits per heavy atom. The average Bonchev–Trinajstić information content (AvgIpc) is 2.95. The zero-order valence-electron chi connectivity index (χ0n) is 16.4. The van der Waals surface area contributed by atoms with E-state index in [2.05, 4.69) is 24.0 Å². The third-order valence-electron chi connectivity index (χ3n) is 5.92. The van der Waals surface area contributed by atoms with Gasteiger partial charge < -0.3 is 4.90 Å². The van der Waals surface area contributed by atoms with E-state index in [0.717, 1.165) is 46.9 Å². The van der Waals surface area contributed by atoms with E-state index in [0.29, 0.717) is 11.2 Å². The van der Waals surface area contributed by atoms with E-state index in [-0.39, 0.29) is 5.78 Å². The van der Waals surface area contributed by atoms with Gasteiger partial charge in [-0.15, -0.1) is 0 Å². The zero-order valence-corrected chi connectivity index (χ0v) is 16.4. The highest BCUT2D eigenvalue weighted by molar-refractivity contribution is 6.05. The van der Waals surface area contributed by atoms with Gasteiger partial charge in [0.05, 0.1) is 16.6 Å². The van der Waals surface area contributed by atoms with Crippen molar-refractivity contribution >= 4 is 39.3 Å². The number of nitrogens with zero attached hydrogens (tertiary/aromatic N) is 4. The normalized spacial score (nSPS) is 18.1. The van der Waals surface area contributed by atoms with Crippen LogP contribution >= 0.6 is 0 Å². The molecule has 0 radical (unpaired) electrons. The van der Waals surface area contributed by atoms with Crippen LogP contribution < -0.4 is 4.90 Å². The van der Waals surface area contributed by atoms with Gasteiger partial charge in [-0.05, 0) is 62.4 Å². The predicted octanol–water partition coefficient (Wildman–Crippen LogP) is 4.86. The standard InChI is InChI=1S/C23H24N4O/c1-15-6-5-12-26(13-11-15)21-10-9-17-14-18(16(2)28)23-24-19-7-3-4-8-20(19)27(23)22(17)25-21/h3-4,7-10,14-15H,5-6,11-13H2,1-2H3. The number of fused-ring (bicyclic) bond motifs is 5. The van der Waals surface area contributed by atoms with Crippen LogP contribution in [0.15, 0.2) is 42.5 Å². The molecule has 1 aliphatic rings. The number of para-hydroxylation sites is 2. The number of pyridine rings is 2. The van der Waals surface area contributed by atoms with E-state index in [9.17, 15) is 4.79 Å². The van der Waals surface area contributed by atoms with Gasteiger partial charge in [0.15, 0.2) is 11.4 Å². The highest BCUT2D eigenvalue weighted by atomic mass is 16.1. The number of anilines is 1. The molecule has 1 saturated heterocycles. The lowest BCUT2D eigenvalue weighted by Gasteiger charge is -2.22. The first kappa shape index (κ1) is 17.2. The second-order valence-electron chi connectivity index (χ2n) is 7.98. The maximum atomic E-state index is 12.3. The number of carbonyl (C=O) groups is 1. The lowest BCUT2D eigenvalue weighted by atomic mass is 10.0. The molecule has 0 N–H and O–H groups in total. The van der Waals surface area contributed by atoms with Crippen molar-refractivity contribution in [3.8, 4) is 0 Å². The third-order valence-corrected chi connectivity index (χ3v) is 5.92. The van der Waals surface area contributed by atoms with Crippen LogP contribution in [0, 0.1) is 5.92 Å². The Morgan fingerprint density at radius 1 is 1.04 bits per heavy atom. The molecule has 4 aromatic rings. The van der Waals surface area contributed by atoms with E-state index in [1.54, 1.807) is 6.92 Å². The fraction of sp³-hybridized carbons (Fsp3) is 0.348. The Morgan fingerprint density at radius 2 is 1.89 bits per heavy atom. The minimum atomic E-state index is 0.0211. The summed E-state index contributed by atoms with van der Waals surface area (Å²) in [6, 6.07) is 14.1. The molecule has 0 bridgehead atoms. The van der Waals surface area contributed by atoms with Gasteiger partial charge in [0.25, 0.3) is 0 Å². The molecule has 1 aliphatic heterocycles. The predicted molar refractivity (Wildman–Crippen MR) is 113 cm³/mol. The summed E-state index contributed by atoms with van der Waals surface area (Å²) in [5.41, 5.74) is 4.06. The summed E-state index contributed by atoms with van der Waals surface area (Å²) in [7, 11) is 0. The van der Waals surface area contributed by atoms with Crippen LogP contribution in [-0.2, 0) is 0 Å². The van der Waals surface area contributed by atoms with Gasteiger partial charge >= 0.3 is 0 Å². The van der Waals surface area contributed by atoms with Crippen LogP contribution in [-0.4, -0.2) is 33.2 Å². The van der Waals surface area contributed by atoms with Crippen LogP contribution in [0.25, 0.3) is 27.7 Å². The molecule has 0 amide bonds. The topological polar surface area (TPSA) is 50.5 Å². The van der Waals surface area contributed by atoms with Crippen molar-refractivity contribution in [2.24, 2.45) is 5.92 Å². The SMILES string of the molecule is CC(=O)c1cc2ccc(N3CCCC(C)CC3)nc2n2c1nc1ccccc12. The summed E-state index contributed by atoms with van der Waals surface area (Å²) >= 11 is 0. The van der Waals surface area contributed by atoms with E-state index in [1.807, 2.05) is 34.7 Å². The number of Topliss-reactive ketones (excluding diaryl/α,β-unsaturated/α-hetero) is 1. The van der Waals surface area contributed by atoms with Crippen molar-refractivity contribution in [2.45, 2.75) is 33.1 Å². The Hall–Kier alpha value is -2.95.